The summed E-state index contributed by atoms with van der Waals surface area (Å²) in [5, 5.41) is 5.15. The van der Waals surface area contributed by atoms with Gasteiger partial charge in [-0.2, -0.15) is 0 Å². The molecule has 0 aliphatic rings. The predicted molar refractivity (Wildman–Crippen MR) is 92.2 cm³/mol. The lowest BCUT2D eigenvalue weighted by Gasteiger charge is -2.10. The van der Waals surface area contributed by atoms with Crippen molar-refractivity contribution in [3.05, 3.63) is 53.5 Å². The molecule has 0 unspecified atom stereocenters. The molecule has 2 aromatic rings. The van der Waals surface area contributed by atoms with Crippen LogP contribution in [0.3, 0.4) is 0 Å². The molecule has 0 aliphatic carbocycles. The van der Waals surface area contributed by atoms with Gasteiger partial charge in [-0.15, -0.1) is 0 Å². The largest absolute Gasteiger partial charge is 0.485 e. The van der Waals surface area contributed by atoms with Crippen LogP contribution in [-0.4, -0.2) is 29.8 Å². The number of benzene rings is 1. The van der Waals surface area contributed by atoms with E-state index in [0.717, 1.165) is 6.07 Å². The summed E-state index contributed by atoms with van der Waals surface area (Å²) in [6.45, 7) is 0.810. The standard InChI is InChI=1S/C18H18F3N3O3/c1-2-17(25)24-16-8-12(5-6-22-16)18(26)23-9-11-3-4-14(13(19)7-11)27-10-15(20)21/h3-8,15H,2,9-10H2,1H3,(H,23,26)(H,22,24,25). The normalized spacial score (nSPS) is 10.6. The first-order valence-electron chi connectivity index (χ1n) is 8.12. The van der Waals surface area contributed by atoms with Gasteiger partial charge >= 0.3 is 0 Å². The van der Waals surface area contributed by atoms with E-state index in [1.165, 1.54) is 30.5 Å². The van der Waals surface area contributed by atoms with E-state index >= 15 is 0 Å². The lowest BCUT2D eigenvalue weighted by Crippen LogP contribution is -2.23. The van der Waals surface area contributed by atoms with E-state index in [1.807, 2.05) is 0 Å². The number of ether oxygens (including phenoxy) is 1. The zero-order chi connectivity index (χ0) is 19.8. The highest BCUT2D eigenvalue weighted by Gasteiger charge is 2.11. The Hall–Kier alpha value is -3.10. The van der Waals surface area contributed by atoms with E-state index in [-0.39, 0.29) is 36.0 Å². The molecule has 0 saturated heterocycles. The molecule has 2 N–H and O–H groups in total. The molecule has 0 aliphatic heterocycles. The number of aromatic nitrogens is 1. The third kappa shape index (κ3) is 6.28. The summed E-state index contributed by atoms with van der Waals surface area (Å²) in [6, 6.07) is 6.68. The molecule has 0 atom stereocenters. The van der Waals surface area contributed by atoms with Crippen molar-refractivity contribution in [3.8, 4) is 5.75 Å². The molecule has 27 heavy (non-hydrogen) atoms. The zero-order valence-electron chi connectivity index (χ0n) is 14.5. The number of hydrogen-bond acceptors (Lipinski definition) is 4. The van der Waals surface area contributed by atoms with Crippen molar-refractivity contribution in [2.45, 2.75) is 26.3 Å². The number of rotatable bonds is 8. The maximum Gasteiger partial charge on any atom is 0.272 e. The van der Waals surface area contributed by atoms with Crippen molar-refractivity contribution in [2.24, 2.45) is 0 Å². The smallest absolute Gasteiger partial charge is 0.272 e. The molecule has 2 amide bonds. The van der Waals surface area contributed by atoms with Crippen LogP contribution in [0, 0.1) is 5.82 Å². The second kappa shape index (κ2) is 9.56. The number of amides is 2. The SMILES string of the molecule is CCC(=O)Nc1cc(C(=O)NCc2ccc(OCC(F)F)c(F)c2)ccn1. The Labute approximate surface area is 153 Å². The Morgan fingerprint density at radius 3 is 2.67 bits per heavy atom. The fraction of sp³-hybridized carbons (Fsp3) is 0.278. The lowest BCUT2D eigenvalue weighted by molar-refractivity contribution is -0.115. The van der Waals surface area contributed by atoms with Crippen LogP contribution >= 0.6 is 0 Å². The summed E-state index contributed by atoms with van der Waals surface area (Å²) in [5.74, 6) is -1.50. The number of nitrogens with one attached hydrogen (secondary N) is 2. The van der Waals surface area contributed by atoms with Crippen molar-refractivity contribution < 1.29 is 27.5 Å². The van der Waals surface area contributed by atoms with Gasteiger partial charge in [-0.1, -0.05) is 13.0 Å². The van der Waals surface area contributed by atoms with Gasteiger partial charge in [-0.25, -0.2) is 18.2 Å². The van der Waals surface area contributed by atoms with Gasteiger partial charge in [0.2, 0.25) is 5.91 Å². The molecule has 6 nitrogen and oxygen atoms in total. The summed E-state index contributed by atoms with van der Waals surface area (Å²) < 4.78 is 42.7. The van der Waals surface area contributed by atoms with Gasteiger partial charge in [-0.05, 0) is 29.8 Å². The van der Waals surface area contributed by atoms with Gasteiger partial charge in [0.05, 0.1) is 0 Å². The van der Waals surface area contributed by atoms with Crippen LogP contribution in [0.5, 0.6) is 5.75 Å². The zero-order valence-corrected chi connectivity index (χ0v) is 14.5. The Kier molecular flexibility index (Phi) is 7.16. The molecule has 0 radical (unpaired) electrons. The number of hydrogen-bond donors (Lipinski definition) is 2. The van der Waals surface area contributed by atoms with E-state index < -0.39 is 24.8 Å². The Morgan fingerprint density at radius 1 is 1.22 bits per heavy atom. The summed E-state index contributed by atoms with van der Waals surface area (Å²) in [5.41, 5.74) is 0.701. The Morgan fingerprint density at radius 2 is 2.00 bits per heavy atom. The fourth-order valence-corrected chi connectivity index (χ4v) is 2.08. The predicted octanol–water partition coefficient (Wildman–Crippen LogP) is 3.14. The highest BCUT2D eigenvalue weighted by Crippen LogP contribution is 2.19. The quantitative estimate of drug-likeness (QED) is 0.736. The Balaban J connectivity index is 1.96. The highest BCUT2D eigenvalue weighted by atomic mass is 19.3. The molecule has 0 fully saturated rings. The van der Waals surface area contributed by atoms with Crippen molar-refractivity contribution in [2.75, 3.05) is 11.9 Å². The number of carbonyl (C=O) groups excluding carboxylic acids is 2. The van der Waals surface area contributed by atoms with Crippen LogP contribution in [0.15, 0.2) is 36.5 Å². The average molecular weight is 381 g/mol. The van der Waals surface area contributed by atoms with E-state index in [1.54, 1.807) is 6.92 Å². The molecule has 2 rings (SSSR count). The number of alkyl halides is 2. The topological polar surface area (TPSA) is 80.3 Å². The number of anilines is 1. The van der Waals surface area contributed by atoms with Crippen LogP contribution in [0.25, 0.3) is 0 Å². The second-order valence-electron chi connectivity index (χ2n) is 5.48. The van der Waals surface area contributed by atoms with E-state index in [0.29, 0.717) is 5.56 Å². The van der Waals surface area contributed by atoms with Crippen molar-refractivity contribution in [3.63, 3.8) is 0 Å². The van der Waals surface area contributed by atoms with Crippen molar-refractivity contribution in [1.82, 2.24) is 10.3 Å². The lowest BCUT2D eigenvalue weighted by atomic mass is 10.2. The minimum atomic E-state index is -2.70. The van der Waals surface area contributed by atoms with E-state index in [4.69, 9.17) is 0 Å². The molecular weight excluding hydrogens is 363 g/mol. The van der Waals surface area contributed by atoms with Gasteiger partial charge in [0.15, 0.2) is 11.6 Å². The molecule has 1 heterocycles. The highest BCUT2D eigenvalue weighted by molar-refractivity contribution is 5.96. The molecule has 144 valence electrons. The van der Waals surface area contributed by atoms with Gasteiger partial charge in [0, 0.05) is 24.7 Å². The van der Waals surface area contributed by atoms with Crippen LogP contribution in [-0.2, 0) is 11.3 Å². The minimum absolute atomic E-state index is 0.0177. The third-order valence-electron chi connectivity index (χ3n) is 3.42. The van der Waals surface area contributed by atoms with Gasteiger partial charge in [0.25, 0.3) is 12.3 Å². The first-order valence-corrected chi connectivity index (χ1v) is 8.12. The molecule has 0 spiro atoms. The van der Waals surface area contributed by atoms with Crippen molar-refractivity contribution >= 4 is 17.6 Å². The fourth-order valence-electron chi connectivity index (χ4n) is 2.08. The summed E-state index contributed by atoms with van der Waals surface area (Å²) >= 11 is 0. The maximum absolute atomic E-state index is 13.8. The molecular formula is C18H18F3N3O3. The summed E-state index contributed by atoms with van der Waals surface area (Å²) in [6.07, 6.45) is -1.04. The molecule has 0 bridgehead atoms. The molecule has 9 heteroatoms. The number of nitrogens with zero attached hydrogens (tertiary/aromatic N) is 1. The number of pyridine rings is 1. The van der Waals surface area contributed by atoms with Crippen molar-refractivity contribution in [1.29, 1.82) is 0 Å². The summed E-state index contributed by atoms with van der Waals surface area (Å²) in [7, 11) is 0. The monoisotopic (exact) mass is 381 g/mol. The van der Waals surface area contributed by atoms with Crippen LogP contribution in [0.1, 0.15) is 29.3 Å². The second-order valence-corrected chi connectivity index (χ2v) is 5.48. The van der Waals surface area contributed by atoms with E-state index in [9.17, 15) is 22.8 Å². The van der Waals surface area contributed by atoms with Gasteiger partial charge in [0.1, 0.15) is 12.4 Å². The van der Waals surface area contributed by atoms with Crippen LogP contribution in [0.4, 0.5) is 19.0 Å². The van der Waals surface area contributed by atoms with Gasteiger partial charge in [-0.3, -0.25) is 9.59 Å². The maximum atomic E-state index is 13.8. The molecule has 0 saturated carbocycles. The summed E-state index contributed by atoms with van der Waals surface area (Å²) in [4.78, 5) is 27.5. The van der Waals surface area contributed by atoms with E-state index in [2.05, 4.69) is 20.4 Å². The van der Waals surface area contributed by atoms with Crippen LogP contribution in [0.2, 0.25) is 0 Å². The van der Waals surface area contributed by atoms with Gasteiger partial charge < -0.3 is 15.4 Å². The number of halogens is 3. The number of carbonyl (C=O) groups is 2. The third-order valence-corrected chi connectivity index (χ3v) is 3.42. The first kappa shape index (κ1) is 20.2. The molecule has 1 aromatic carbocycles. The molecule has 1 aromatic heterocycles. The first-order chi connectivity index (χ1) is 12.9. The average Bonchev–Trinajstić information content (AvgIpc) is 2.65. The minimum Gasteiger partial charge on any atom is -0.485 e. The Bertz CT molecular complexity index is 815. The van der Waals surface area contributed by atoms with Crippen LogP contribution < -0.4 is 15.4 Å².